The summed E-state index contributed by atoms with van der Waals surface area (Å²) >= 11 is 0. The monoisotopic (exact) mass is 196 g/mol. The highest BCUT2D eigenvalue weighted by molar-refractivity contribution is 4.89. The zero-order valence-corrected chi connectivity index (χ0v) is 11.0. The molecule has 2 atom stereocenters. The molecule has 0 aromatic heterocycles. The molecule has 0 spiro atoms. The van der Waals surface area contributed by atoms with Crippen LogP contribution in [0.1, 0.15) is 67.2 Å². The molecule has 0 heterocycles. The van der Waals surface area contributed by atoms with Gasteiger partial charge in [0, 0.05) is 0 Å². The lowest BCUT2D eigenvalue weighted by Gasteiger charge is -2.46. The van der Waals surface area contributed by atoms with Crippen molar-refractivity contribution in [2.24, 2.45) is 22.7 Å². The van der Waals surface area contributed by atoms with Gasteiger partial charge < -0.3 is 0 Å². The van der Waals surface area contributed by atoms with Crippen molar-refractivity contribution in [3.63, 3.8) is 0 Å². The van der Waals surface area contributed by atoms with E-state index in [1.54, 1.807) is 0 Å². The molecule has 1 rings (SSSR count). The van der Waals surface area contributed by atoms with Crippen molar-refractivity contribution in [3.05, 3.63) is 0 Å². The van der Waals surface area contributed by atoms with Crippen molar-refractivity contribution >= 4 is 0 Å². The van der Waals surface area contributed by atoms with Crippen LogP contribution in [-0.4, -0.2) is 0 Å². The molecule has 0 radical (unpaired) electrons. The van der Waals surface area contributed by atoms with Crippen LogP contribution in [0.2, 0.25) is 0 Å². The number of hydrogen-bond acceptors (Lipinski definition) is 0. The van der Waals surface area contributed by atoms with E-state index < -0.39 is 0 Å². The van der Waals surface area contributed by atoms with E-state index in [0.717, 1.165) is 11.8 Å². The van der Waals surface area contributed by atoms with Gasteiger partial charge in [-0.15, -0.1) is 0 Å². The maximum absolute atomic E-state index is 2.42. The zero-order chi connectivity index (χ0) is 11.0. The standard InChI is InChI=1S/C14H28/c1-13(2,3)11-9-7-8-10-12(11)14(4,5)6/h11-12H,7-10H2,1-6H3/t11-,12-/m0/s1. The zero-order valence-electron chi connectivity index (χ0n) is 11.0. The van der Waals surface area contributed by atoms with Crippen LogP contribution < -0.4 is 0 Å². The third-order valence-corrected chi connectivity index (χ3v) is 3.99. The summed E-state index contributed by atoms with van der Waals surface area (Å²) in [7, 11) is 0. The Kier molecular flexibility index (Phi) is 3.33. The van der Waals surface area contributed by atoms with E-state index in [1.165, 1.54) is 25.7 Å². The second-order valence-electron chi connectivity index (χ2n) is 7.23. The van der Waals surface area contributed by atoms with Gasteiger partial charge in [0.1, 0.15) is 0 Å². The Morgan fingerprint density at radius 3 is 1.14 bits per heavy atom. The van der Waals surface area contributed by atoms with E-state index in [2.05, 4.69) is 41.5 Å². The molecule has 84 valence electrons. The fourth-order valence-electron chi connectivity index (χ4n) is 3.20. The van der Waals surface area contributed by atoms with Crippen LogP contribution in [0.15, 0.2) is 0 Å². The van der Waals surface area contributed by atoms with Crippen molar-refractivity contribution in [2.75, 3.05) is 0 Å². The molecular weight excluding hydrogens is 168 g/mol. The summed E-state index contributed by atoms with van der Waals surface area (Å²) in [4.78, 5) is 0. The van der Waals surface area contributed by atoms with E-state index in [9.17, 15) is 0 Å². The van der Waals surface area contributed by atoms with E-state index in [4.69, 9.17) is 0 Å². The quantitative estimate of drug-likeness (QED) is 0.518. The lowest BCUT2D eigenvalue weighted by Crippen LogP contribution is -2.38. The number of hydrogen-bond donors (Lipinski definition) is 0. The predicted molar refractivity (Wildman–Crippen MR) is 64.4 cm³/mol. The Morgan fingerprint density at radius 1 is 0.643 bits per heavy atom. The predicted octanol–water partition coefficient (Wildman–Crippen LogP) is 4.89. The molecular formula is C14H28. The highest BCUT2D eigenvalue weighted by Gasteiger charge is 2.39. The Labute approximate surface area is 90.5 Å². The molecule has 1 saturated carbocycles. The van der Waals surface area contributed by atoms with Crippen molar-refractivity contribution < 1.29 is 0 Å². The van der Waals surface area contributed by atoms with Crippen LogP contribution in [-0.2, 0) is 0 Å². The summed E-state index contributed by atoms with van der Waals surface area (Å²) in [5.74, 6) is 1.85. The average molecular weight is 196 g/mol. The molecule has 0 saturated heterocycles. The molecule has 0 N–H and O–H groups in total. The van der Waals surface area contributed by atoms with Gasteiger partial charge in [-0.25, -0.2) is 0 Å². The molecule has 0 aliphatic heterocycles. The van der Waals surface area contributed by atoms with Crippen LogP contribution in [0.3, 0.4) is 0 Å². The Balaban J connectivity index is 2.80. The van der Waals surface area contributed by atoms with Crippen molar-refractivity contribution in [2.45, 2.75) is 67.2 Å². The third kappa shape index (κ3) is 2.74. The first-order chi connectivity index (χ1) is 6.23. The minimum atomic E-state index is 0.498. The normalized spacial score (nSPS) is 30.4. The smallest absolute Gasteiger partial charge is 0.0332 e. The molecule has 0 nitrogen and oxygen atoms in total. The second kappa shape index (κ2) is 3.87. The molecule has 1 fully saturated rings. The van der Waals surface area contributed by atoms with E-state index >= 15 is 0 Å². The van der Waals surface area contributed by atoms with Gasteiger partial charge in [-0.2, -0.15) is 0 Å². The summed E-state index contributed by atoms with van der Waals surface area (Å²) in [6.07, 6.45) is 5.81. The molecule has 0 unspecified atom stereocenters. The summed E-state index contributed by atoms with van der Waals surface area (Å²) in [6, 6.07) is 0. The van der Waals surface area contributed by atoms with Crippen LogP contribution in [0.5, 0.6) is 0 Å². The van der Waals surface area contributed by atoms with Crippen LogP contribution >= 0.6 is 0 Å². The summed E-state index contributed by atoms with van der Waals surface area (Å²) < 4.78 is 0. The Hall–Kier alpha value is 0. The average Bonchev–Trinajstić information content (AvgIpc) is 2.01. The molecule has 1 aliphatic carbocycles. The van der Waals surface area contributed by atoms with E-state index in [1.807, 2.05) is 0 Å². The van der Waals surface area contributed by atoms with Gasteiger partial charge in [-0.1, -0.05) is 54.4 Å². The minimum Gasteiger partial charge on any atom is -0.0599 e. The van der Waals surface area contributed by atoms with Gasteiger partial charge in [0.2, 0.25) is 0 Å². The third-order valence-electron chi connectivity index (χ3n) is 3.99. The lowest BCUT2D eigenvalue weighted by molar-refractivity contribution is 0.0335. The van der Waals surface area contributed by atoms with Crippen molar-refractivity contribution in [1.29, 1.82) is 0 Å². The topological polar surface area (TPSA) is 0 Å². The van der Waals surface area contributed by atoms with Crippen molar-refractivity contribution in [3.8, 4) is 0 Å². The summed E-state index contributed by atoms with van der Waals surface area (Å²) in [6.45, 7) is 14.5. The van der Waals surface area contributed by atoms with Gasteiger partial charge in [-0.05, 0) is 35.5 Å². The first-order valence-corrected chi connectivity index (χ1v) is 6.23. The maximum Gasteiger partial charge on any atom is -0.0332 e. The van der Waals surface area contributed by atoms with Gasteiger partial charge in [0.15, 0.2) is 0 Å². The van der Waals surface area contributed by atoms with Crippen LogP contribution in [0.4, 0.5) is 0 Å². The Bertz CT molecular complexity index is 155. The lowest BCUT2D eigenvalue weighted by atomic mass is 9.59. The molecule has 1 aliphatic rings. The molecule has 0 aromatic rings. The van der Waals surface area contributed by atoms with E-state index in [0.29, 0.717) is 10.8 Å². The minimum absolute atomic E-state index is 0.498. The SMILES string of the molecule is CC(C)(C)[C@H]1CCCC[C@@H]1C(C)(C)C. The summed E-state index contributed by atoms with van der Waals surface area (Å²) in [5.41, 5.74) is 0.997. The largest absolute Gasteiger partial charge is 0.0599 e. The first-order valence-electron chi connectivity index (χ1n) is 6.23. The van der Waals surface area contributed by atoms with Crippen molar-refractivity contribution in [1.82, 2.24) is 0 Å². The van der Waals surface area contributed by atoms with Crippen LogP contribution in [0, 0.1) is 22.7 Å². The highest BCUT2D eigenvalue weighted by Crippen LogP contribution is 2.48. The van der Waals surface area contributed by atoms with Gasteiger partial charge in [0.05, 0.1) is 0 Å². The van der Waals surface area contributed by atoms with Gasteiger partial charge in [0.25, 0.3) is 0 Å². The molecule has 0 bridgehead atoms. The second-order valence-corrected chi connectivity index (χ2v) is 7.23. The Morgan fingerprint density at radius 2 is 0.929 bits per heavy atom. The number of rotatable bonds is 0. The molecule has 0 aromatic carbocycles. The molecule has 0 amide bonds. The van der Waals surface area contributed by atoms with Gasteiger partial charge >= 0.3 is 0 Å². The van der Waals surface area contributed by atoms with Crippen LogP contribution in [0.25, 0.3) is 0 Å². The fourth-order valence-corrected chi connectivity index (χ4v) is 3.20. The maximum atomic E-state index is 2.42. The highest BCUT2D eigenvalue weighted by atomic mass is 14.4. The molecule has 14 heavy (non-hydrogen) atoms. The van der Waals surface area contributed by atoms with E-state index in [-0.39, 0.29) is 0 Å². The van der Waals surface area contributed by atoms with Gasteiger partial charge in [-0.3, -0.25) is 0 Å². The molecule has 0 heteroatoms. The fraction of sp³-hybridized carbons (Fsp3) is 1.00. The first kappa shape index (κ1) is 12.1. The summed E-state index contributed by atoms with van der Waals surface area (Å²) in [5, 5.41) is 0.